The minimum Gasteiger partial charge on any atom is -0.327 e. The first kappa shape index (κ1) is 13.1. The Balaban J connectivity index is 2.05. The van der Waals surface area contributed by atoms with Crippen LogP contribution in [0.25, 0.3) is 0 Å². The van der Waals surface area contributed by atoms with Gasteiger partial charge in [0.25, 0.3) is 0 Å². The van der Waals surface area contributed by atoms with E-state index in [1.807, 2.05) is 32.2 Å². The van der Waals surface area contributed by atoms with Gasteiger partial charge in [-0.15, -0.1) is 0 Å². The summed E-state index contributed by atoms with van der Waals surface area (Å²) in [7, 11) is 1.84. The molecule has 2 aromatic rings. The highest BCUT2D eigenvalue weighted by atomic mass is 35.5. The second kappa shape index (κ2) is 5.50. The molecule has 0 fully saturated rings. The third-order valence-corrected chi connectivity index (χ3v) is 3.41. The summed E-state index contributed by atoms with van der Waals surface area (Å²) >= 11 is 6.19. The van der Waals surface area contributed by atoms with Crippen LogP contribution in [0, 0.1) is 6.92 Å². The Hall–Kier alpha value is -1.39. The predicted octanol–water partition coefficient (Wildman–Crippen LogP) is 1.89. The van der Waals surface area contributed by atoms with Crippen molar-refractivity contribution >= 4 is 11.6 Å². The Bertz CT molecular complexity index is 521. The minimum absolute atomic E-state index is 0.000278. The Morgan fingerprint density at radius 2 is 2.17 bits per heavy atom. The first-order chi connectivity index (χ1) is 8.58. The van der Waals surface area contributed by atoms with Crippen molar-refractivity contribution in [2.75, 3.05) is 0 Å². The van der Waals surface area contributed by atoms with E-state index < -0.39 is 0 Å². The molecular weight excluding hydrogens is 248 g/mol. The molecule has 0 bridgehead atoms. The van der Waals surface area contributed by atoms with Crippen molar-refractivity contribution in [2.24, 2.45) is 12.8 Å². The molecule has 4 nitrogen and oxygen atoms in total. The van der Waals surface area contributed by atoms with Gasteiger partial charge in [-0.25, -0.2) is 0 Å². The average Bonchev–Trinajstić information content (AvgIpc) is 2.57. The van der Waals surface area contributed by atoms with E-state index in [9.17, 15) is 0 Å². The van der Waals surface area contributed by atoms with Crippen LogP contribution in [0.5, 0.6) is 0 Å². The fraction of sp³-hybridized carbons (Fsp3) is 0.385. The SMILES string of the molecule is Cc1nn(C)c(Cl)c1CC(N)Cc1ccccn1. The van der Waals surface area contributed by atoms with E-state index in [4.69, 9.17) is 17.3 Å². The van der Waals surface area contributed by atoms with Gasteiger partial charge in [-0.1, -0.05) is 17.7 Å². The summed E-state index contributed by atoms with van der Waals surface area (Å²) in [5.74, 6) is 0. The summed E-state index contributed by atoms with van der Waals surface area (Å²) in [5.41, 5.74) is 9.13. The van der Waals surface area contributed by atoms with Gasteiger partial charge in [0.15, 0.2) is 0 Å². The molecule has 1 unspecified atom stereocenters. The molecule has 0 aromatic carbocycles. The second-order valence-corrected chi connectivity index (χ2v) is 4.83. The van der Waals surface area contributed by atoms with E-state index in [2.05, 4.69) is 10.1 Å². The Morgan fingerprint density at radius 3 is 2.72 bits per heavy atom. The zero-order chi connectivity index (χ0) is 13.1. The third-order valence-electron chi connectivity index (χ3n) is 2.93. The number of rotatable bonds is 4. The highest BCUT2D eigenvalue weighted by Crippen LogP contribution is 2.20. The number of hydrogen-bond donors (Lipinski definition) is 1. The van der Waals surface area contributed by atoms with Crippen molar-refractivity contribution in [3.63, 3.8) is 0 Å². The average molecular weight is 265 g/mol. The van der Waals surface area contributed by atoms with Crippen LogP contribution in [-0.2, 0) is 19.9 Å². The largest absolute Gasteiger partial charge is 0.327 e. The molecule has 96 valence electrons. The Labute approximate surface area is 112 Å². The Kier molecular flexibility index (Phi) is 3.99. The highest BCUT2D eigenvalue weighted by molar-refractivity contribution is 6.30. The molecular formula is C13H17ClN4. The summed E-state index contributed by atoms with van der Waals surface area (Å²) in [6, 6.07) is 5.85. The molecule has 2 N–H and O–H groups in total. The van der Waals surface area contributed by atoms with Crippen molar-refractivity contribution in [2.45, 2.75) is 25.8 Å². The topological polar surface area (TPSA) is 56.7 Å². The molecule has 0 aliphatic heterocycles. The van der Waals surface area contributed by atoms with Gasteiger partial charge in [-0.2, -0.15) is 5.10 Å². The van der Waals surface area contributed by atoms with Gasteiger partial charge in [-0.3, -0.25) is 9.67 Å². The number of hydrogen-bond acceptors (Lipinski definition) is 3. The number of halogens is 1. The summed E-state index contributed by atoms with van der Waals surface area (Å²) in [6.45, 7) is 1.95. The highest BCUT2D eigenvalue weighted by Gasteiger charge is 2.15. The first-order valence-electron chi connectivity index (χ1n) is 5.91. The predicted molar refractivity (Wildman–Crippen MR) is 72.6 cm³/mol. The molecule has 2 rings (SSSR count). The lowest BCUT2D eigenvalue weighted by atomic mass is 10.0. The van der Waals surface area contributed by atoms with Crippen LogP contribution in [-0.4, -0.2) is 20.8 Å². The number of nitrogens with two attached hydrogens (primary N) is 1. The van der Waals surface area contributed by atoms with Gasteiger partial charge in [0.05, 0.1) is 5.69 Å². The van der Waals surface area contributed by atoms with Crippen molar-refractivity contribution < 1.29 is 0 Å². The molecule has 0 amide bonds. The lowest BCUT2D eigenvalue weighted by molar-refractivity contribution is 0.652. The maximum absolute atomic E-state index is 6.19. The normalized spacial score (nSPS) is 12.7. The number of aromatic nitrogens is 3. The molecule has 0 spiro atoms. The van der Waals surface area contributed by atoms with Gasteiger partial charge in [-0.05, 0) is 25.5 Å². The molecule has 2 heterocycles. The first-order valence-corrected chi connectivity index (χ1v) is 6.29. The van der Waals surface area contributed by atoms with Crippen LogP contribution in [0.2, 0.25) is 5.15 Å². The number of pyridine rings is 1. The number of nitrogens with zero attached hydrogens (tertiary/aromatic N) is 3. The summed E-state index contributed by atoms with van der Waals surface area (Å²) < 4.78 is 1.68. The molecule has 0 aliphatic carbocycles. The third kappa shape index (κ3) is 2.89. The van der Waals surface area contributed by atoms with E-state index in [0.29, 0.717) is 5.15 Å². The van der Waals surface area contributed by atoms with Crippen LogP contribution in [0.15, 0.2) is 24.4 Å². The van der Waals surface area contributed by atoms with Gasteiger partial charge in [0.2, 0.25) is 0 Å². The monoisotopic (exact) mass is 264 g/mol. The van der Waals surface area contributed by atoms with E-state index >= 15 is 0 Å². The van der Waals surface area contributed by atoms with Crippen LogP contribution < -0.4 is 5.73 Å². The van der Waals surface area contributed by atoms with Crippen molar-refractivity contribution in [3.05, 3.63) is 46.5 Å². The fourth-order valence-corrected chi connectivity index (χ4v) is 2.28. The van der Waals surface area contributed by atoms with E-state index in [1.165, 1.54) is 0 Å². The van der Waals surface area contributed by atoms with Gasteiger partial charge < -0.3 is 5.73 Å². The summed E-state index contributed by atoms with van der Waals surface area (Å²) in [5, 5.41) is 4.95. The Morgan fingerprint density at radius 1 is 1.39 bits per heavy atom. The number of aryl methyl sites for hydroxylation is 2. The van der Waals surface area contributed by atoms with Crippen molar-refractivity contribution in [1.82, 2.24) is 14.8 Å². The molecule has 0 aliphatic rings. The van der Waals surface area contributed by atoms with E-state index in [0.717, 1.165) is 29.8 Å². The molecule has 0 saturated heterocycles. The van der Waals surface area contributed by atoms with E-state index in [-0.39, 0.29) is 6.04 Å². The van der Waals surface area contributed by atoms with Gasteiger partial charge in [0.1, 0.15) is 5.15 Å². The standard InChI is InChI=1S/C13H17ClN4/c1-9-12(13(14)18(2)17-9)8-10(15)7-11-5-3-4-6-16-11/h3-6,10H,7-8,15H2,1-2H3. The summed E-state index contributed by atoms with van der Waals surface area (Å²) in [6.07, 6.45) is 3.24. The van der Waals surface area contributed by atoms with Crippen LogP contribution >= 0.6 is 11.6 Å². The van der Waals surface area contributed by atoms with Crippen molar-refractivity contribution in [1.29, 1.82) is 0 Å². The van der Waals surface area contributed by atoms with Gasteiger partial charge in [0, 0.05) is 37.0 Å². The molecule has 18 heavy (non-hydrogen) atoms. The van der Waals surface area contributed by atoms with Crippen LogP contribution in [0.3, 0.4) is 0 Å². The fourth-order valence-electron chi connectivity index (χ4n) is 2.03. The van der Waals surface area contributed by atoms with Crippen LogP contribution in [0.4, 0.5) is 0 Å². The second-order valence-electron chi connectivity index (χ2n) is 4.47. The summed E-state index contributed by atoms with van der Waals surface area (Å²) in [4.78, 5) is 4.28. The van der Waals surface area contributed by atoms with Gasteiger partial charge >= 0.3 is 0 Å². The zero-order valence-electron chi connectivity index (χ0n) is 10.6. The zero-order valence-corrected chi connectivity index (χ0v) is 11.4. The van der Waals surface area contributed by atoms with E-state index in [1.54, 1.807) is 10.9 Å². The maximum Gasteiger partial charge on any atom is 0.130 e. The minimum atomic E-state index is 0.000278. The van der Waals surface area contributed by atoms with Crippen molar-refractivity contribution in [3.8, 4) is 0 Å². The molecule has 0 saturated carbocycles. The maximum atomic E-state index is 6.19. The lowest BCUT2D eigenvalue weighted by Crippen LogP contribution is -2.26. The molecule has 1 atom stereocenters. The quantitative estimate of drug-likeness (QED) is 0.918. The lowest BCUT2D eigenvalue weighted by Gasteiger charge is -2.10. The van der Waals surface area contributed by atoms with Crippen LogP contribution in [0.1, 0.15) is 17.0 Å². The molecule has 2 aromatic heterocycles. The molecule has 5 heteroatoms. The smallest absolute Gasteiger partial charge is 0.130 e. The molecule has 0 radical (unpaired) electrons.